The van der Waals surface area contributed by atoms with E-state index in [0.29, 0.717) is 28.7 Å². The molecular weight excluding hydrogens is 471 g/mol. The predicted molar refractivity (Wildman–Crippen MR) is 124 cm³/mol. The van der Waals surface area contributed by atoms with Crippen molar-refractivity contribution in [2.75, 3.05) is 19.9 Å². The Morgan fingerprint density at radius 1 is 1.12 bits per heavy atom. The molecule has 2 amide bonds. The Morgan fingerprint density at radius 3 is 2.61 bits per heavy atom. The van der Waals surface area contributed by atoms with E-state index in [-0.39, 0.29) is 36.4 Å². The molecule has 2 unspecified atom stereocenters. The van der Waals surface area contributed by atoms with Gasteiger partial charge in [0.1, 0.15) is 24.5 Å². The molecule has 1 aliphatic rings. The number of amides is 2. The number of aliphatic hydroxyl groups excluding tert-OH is 1. The van der Waals surface area contributed by atoms with E-state index in [1.165, 1.54) is 12.1 Å². The van der Waals surface area contributed by atoms with E-state index in [4.69, 9.17) is 37.4 Å². The van der Waals surface area contributed by atoms with E-state index in [0.717, 1.165) is 0 Å². The number of carbonyl (C=O) groups is 2. The van der Waals surface area contributed by atoms with Crippen LogP contribution in [0.3, 0.4) is 0 Å². The molecule has 0 aromatic heterocycles. The van der Waals surface area contributed by atoms with Crippen LogP contribution in [0.5, 0.6) is 17.2 Å². The number of hydrogen-bond acceptors (Lipinski definition) is 6. The van der Waals surface area contributed by atoms with Crippen molar-refractivity contribution in [2.45, 2.75) is 32.4 Å². The van der Waals surface area contributed by atoms with Gasteiger partial charge in [-0.15, -0.1) is 0 Å². The van der Waals surface area contributed by atoms with E-state index in [1.54, 1.807) is 24.3 Å². The van der Waals surface area contributed by atoms with Crippen LogP contribution in [0.15, 0.2) is 36.4 Å². The molecule has 0 fully saturated rings. The predicted octanol–water partition coefficient (Wildman–Crippen LogP) is 3.42. The Balaban J connectivity index is 1.51. The van der Waals surface area contributed by atoms with Crippen LogP contribution >= 0.6 is 23.2 Å². The third-order valence-corrected chi connectivity index (χ3v) is 5.35. The van der Waals surface area contributed by atoms with Crippen molar-refractivity contribution in [3.05, 3.63) is 52.0 Å². The number of benzene rings is 2. The summed E-state index contributed by atoms with van der Waals surface area (Å²) in [6.07, 6.45) is -0.549. The quantitative estimate of drug-likeness (QED) is 0.465. The first-order valence-electron chi connectivity index (χ1n) is 10.5. The van der Waals surface area contributed by atoms with Gasteiger partial charge >= 0.3 is 0 Å². The van der Waals surface area contributed by atoms with Crippen LogP contribution in [-0.2, 0) is 4.79 Å². The lowest BCUT2D eigenvalue weighted by molar-refractivity contribution is -0.123. The minimum Gasteiger partial charge on any atom is -0.491 e. The molecule has 0 bridgehead atoms. The van der Waals surface area contributed by atoms with Gasteiger partial charge in [-0.25, -0.2) is 0 Å². The summed E-state index contributed by atoms with van der Waals surface area (Å²) in [7, 11) is 0. The fourth-order valence-electron chi connectivity index (χ4n) is 3.17. The van der Waals surface area contributed by atoms with Gasteiger partial charge in [0.05, 0.1) is 10.6 Å². The first kappa shape index (κ1) is 25.0. The highest BCUT2D eigenvalue weighted by Gasteiger charge is 2.24. The molecule has 2 aromatic rings. The van der Waals surface area contributed by atoms with E-state index in [9.17, 15) is 14.7 Å². The zero-order valence-electron chi connectivity index (χ0n) is 18.3. The molecule has 178 valence electrons. The van der Waals surface area contributed by atoms with Gasteiger partial charge in [0.2, 0.25) is 12.7 Å². The molecule has 0 saturated carbocycles. The second-order valence-corrected chi connectivity index (χ2v) is 8.85. The average Bonchev–Trinajstić information content (AvgIpc) is 3.23. The Kier molecular flexibility index (Phi) is 8.66. The SMILES string of the molecule is CC(C)CC(NC(=O)c1ccc(Cl)cc1Cl)C(=O)NCC(O)COc1ccc2c(c1)OCO2. The summed E-state index contributed by atoms with van der Waals surface area (Å²) in [5, 5.41) is 16.2. The summed E-state index contributed by atoms with van der Waals surface area (Å²) in [5.74, 6) is 0.959. The molecule has 10 heteroatoms. The molecule has 0 radical (unpaired) electrons. The monoisotopic (exact) mass is 496 g/mol. The topological polar surface area (TPSA) is 106 Å². The normalized spacial score (nSPS) is 14.0. The number of carbonyl (C=O) groups excluding carboxylic acids is 2. The van der Waals surface area contributed by atoms with Crippen molar-refractivity contribution < 1.29 is 28.9 Å². The fraction of sp³-hybridized carbons (Fsp3) is 0.391. The van der Waals surface area contributed by atoms with E-state index < -0.39 is 24.0 Å². The summed E-state index contributed by atoms with van der Waals surface area (Å²) in [6, 6.07) is 8.81. The molecule has 3 rings (SSSR count). The highest BCUT2D eigenvalue weighted by molar-refractivity contribution is 6.36. The Hall–Kier alpha value is -2.68. The summed E-state index contributed by atoms with van der Waals surface area (Å²) >= 11 is 12.0. The second-order valence-electron chi connectivity index (χ2n) is 8.00. The van der Waals surface area contributed by atoms with Gasteiger partial charge in [-0.2, -0.15) is 0 Å². The Bertz CT molecular complexity index is 1000. The smallest absolute Gasteiger partial charge is 0.253 e. The zero-order valence-corrected chi connectivity index (χ0v) is 19.8. The van der Waals surface area contributed by atoms with E-state index in [2.05, 4.69) is 10.6 Å². The minimum absolute atomic E-state index is 0.0402. The number of halogens is 2. The Morgan fingerprint density at radius 2 is 1.88 bits per heavy atom. The van der Waals surface area contributed by atoms with E-state index >= 15 is 0 Å². The van der Waals surface area contributed by atoms with Gasteiger partial charge in [0.25, 0.3) is 5.91 Å². The highest BCUT2D eigenvalue weighted by Crippen LogP contribution is 2.35. The molecule has 1 heterocycles. The van der Waals surface area contributed by atoms with Gasteiger partial charge in [0.15, 0.2) is 11.5 Å². The van der Waals surface area contributed by atoms with Crippen molar-refractivity contribution in [1.82, 2.24) is 10.6 Å². The van der Waals surface area contributed by atoms with Gasteiger partial charge in [0, 0.05) is 17.6 Å². The average molecular weight is 497 g/mol. The Labute approximate surface area is 202 Å². The van der Waals surface area contributed by atoms with Gasteiger partial charge in [-0.05, 0) is 42.7 Å². The molecule has 0 saturated heterocycles. The molecule has 2 atom stereocenters. The molecular formula is C23H26Cl2N2O6. The molecule has 2 aromatic carbocycles. The van der Waals surface area contributed by atoms with Crippen LogP contribution in [-0.4, -0.2) is 49.0 Å². The number of aliphatic hydroxyl groups is 1. The maximum atomic E-state index is 12.7. The highest BCUT2D eigenvalue weighted by atomic mass is 35.5. The van der Waals surface area contributed by atoms with E-state index in [1.807, 2.05) is 13.8 Å². The van der Waals surface area contributed by atoms with Crippen LogP contribution < -0.4 is 24.8 Å². The molecule has 0 aliphatic carbocycles. The lowest BCUT2D eigenvalue weighted by atomic mass is 10.0. The zero-order chi connectivity index (χ0) is 24.0. The number of hydrogen-bond donors (Lipinski definition) is 3. The lowest BCUT2D eigenvalue weighted by Gasteiger charge is -2.21. The molecule has 8 nitrogen and oxygen atoms in total. The number of nitrogens with one attached hydrogen (secondary N) is 2. The molecule has 0 spiro atoms. The summed E-state index contributed by atoms with van der Waals surface area (Å²) < 4.78 is 16.1. The standard InChI is InChI=1S/C23H26Cl2N2O6/c1-13(2)7-19(27-22(29)17-5-3-14(24)8-18(17)25)23(30)26-10-15(28)11-31-16-4-6-20-21(9-16)33-12-32-20/h3-6,8-9,13,15,19,28H,7,10-12H2,1-2H3,(H,26,30)(H,27,29). The van der Waals surface area contributed by atoms with Gasteiger partial charge in [-0.1, -0.05) is 37.0 Å². The maximum Gasteiger partial charge on any atom is 0.253 e. The third-order valence-electron chi connectivity index (χ3n) is 4.80. The molecule has 1 aliphatic heterocycles. The molecule has 3 N–H and O–H groups in total. The van der Waals surface area contributed by atoms with Gasteiger partial charge < -0.3 is 30.0 Å². The molecule has 33 heavy (non-hydrogen) atoms. The van der Waals surface area contributed by atoms with Crippen LogP contribution in [0.25, 0.3) is 0 Å². The van der Waals surface area contributed by atoms with Crippen molar-refractivity contribution in [3.63, 3.8) is 0 Å². The van der Waals surface area contributed by atoms with Crippen LogP contribution in [0.2, 0.25) is 10.0 Å². The number of fused-ring (bicyclic) bond motifs is 1. The number of ether oxygens (including phenoxy) is 3. The van der Waals surface area contributed by atoms with Gasteiger partial charge in [-0.3, -0.25) is 9.59 Å². The van der Waals surface area contributed by atoms with Crippen LogP contribution in [0.4, 0.5) is 0 Å². The number of rotatable bonds is 10. The largest absolute Gasteiger partial charge is 0.491 e. The summed E-state index contributed by atoms with van der Waals surface area (Å²) in [4.78, 5) is 25.4. The van der Waals surface area contributed by atoms with Crippen molar-refractivity contribution in [2.24, 2.45) is 5.92 Å². The fourth-order valence-corrected chi connectivity index (χ4v) is 3.67. The first-order valence-corrected chi connectivity index (χ1v) is 11.2. The second kappa shape index (κ2) is 11.4. The van der Waals surface area contributed by atoms with Crippen LogP contribution in [0, 0.1) is 5.92 Å². The van der Waals surface area contributed by atoms with Crippen molar-refractivity contribution >= 4 is 35.0 Å². The van der Waals surface area contributed by atoms with Crippen molar-refractivity contribution in [3.8, 4) is 17.2 Å². The minimum atomic E-state index is -0.958. The first-order chi connectivity index (χ1) is 15.7. The van der Waals surface area contributed by atoms with Crippen LogP contribution in [0.1, 0.15) is 30.6 Å². The third kappa shape index (κ3) is 7.15. The van der Waals surface area contributed by atoms with Crippen molar-refractivity contribution in [1.29, 1.82) is 0 Å². The lowest BCUT2D eigenvalue weighted by Crippen LogP contribution is -2.49. The summed E-state index contributed by atoms with van der Waals surface area (Å²) in [6.45, 7) is 3.95. The maximum absolute atomic E-state index is 12.7. The summed E-state index contributed by atoms with van der Waals surface area (Å²) in [5.41, 5.74) is 0.222.